The summed E-state index contributed by atoms with van der Waals surface area (Å²) in [7, 11) is 0. The van der Waals surface area contributed by atoms with Crippen molar-refractivity contribution >= 4 is 0 Å². The number of nitrogens with one attached hydrogen (secondary N) is 1. The summed E-state index contributed by atoms with van der Waals surface area (Å²) >= 11 is 0. The largest absolute Gasteiger partial charge is 0.488 e. The molecule has 3 nitrogen and oxygen atoms in total. The summed E-state index contributed by atoms with van der Waals surface area (Å²) in [5.41, 5.74) is 0.893. The van der Waals surface area contributed by atoms with Crippen molar-refractivity contribution in [3.05, 3.63) is 29.8 Å². The van der Waals surface area contributed by atoms with Crippen LogP contribution < -0.4 is 10.1 Å². The van der Waals surface area contributed by atoms with Crippen LogP contribution >= 0.6 is 0 Å². The molecule has 0 aliphatic carbocycles. The minimum atomic E-state index is 0.0696. The molecule has 1 fully saturated rings. The zero-order valence-electron chi connectivity index (χ0n) is 7.36. The Morgan fingerprint density at radius 2 is 2.31 bits per heavy atom. The highest BCUT2D eigenvalue weighted by molar-refractivity contribution is 5.28. The van der Waals surface area contributed by atoms with Gasteiger partial charge in [0.05, 0.1) is 6.61 Å². The summed E-state index contributed by atoms with van der Waals surface area (Å²) in [5, 5.41) is 12.0. The first-order chi connectivity index (χ1) is 6.38. The molecule has 0 atom stereocenters. The maximum atomic E-state index is 8.90. The summed E-state index contributed by atoms with van der Waals surface area (Å²) in [6.45, 7) is 1.91. The monoisotopic (exact) mass is 179 g/mol. The lowest BCUT2D eigenvalue weighted by molar-refractivity contribution is 0.142. The first kappa shape index (κ1) is 8.53. The molecule has 0 aromatic heterocycles. The van der Waals surface area contributed by atoms with Gasteiger partial charge in [-0.15, -0.1) is 0 Å². The van der Waals surface area contributed by atoms with Gasteiger partial charge in [0.1, 0.15) is 11.9 Å². The Labute approximate surface area is 77.3 Å². The fourth-order valence-corrected chi connectivity index (χ4v) is 1.26. The molecular formula is C10H13NO2. The second-order valence-corrected chi connectivity index (χ2v) is 3.20. The molecule has 0 bridgehead atoms. The fourth-order valence-electron chi connectivity index (χ4n) is 1.26. The average Bonchev–Trinajstić information content (AvgIpc) is 2.12. The van der Waals surface area contributed by atoms with Crippen LogP contribution in [0.3, 0.4) is 0 Å². The molecule has 0 amide bonds. The number of benzene rings is 1. The lowest BCUT2D eigenvalue weighted by Gasteiger charge is -2.27. The van der Waals surface area contributed by atoms with Crippen molar-refractivity contribution < 1.29 is 9.84 Å². The van der Waals surface area contributed by atoms with Gasteiger partial charge in [-0.25, -0.2) is 0 Å². The summed E-state index contributed by atoms with van der Waals surface area (Å²) in [4.78, 5) is 0. The molecule has 1 aliphatic rings. The van der Waals surface area contributed by atoms with Gasteiger partial charge in [-0.05, 0) is 17.7 Å². The first-order valence-corrected chi connectivity index (χ1v) is 4.45. The average molecular weight is 179 g/mol. The van der Waals surface area contributed by atoms with Crippen LogP contribution in [0.5, 0.6) is 5.75 Å². The van der Waals surface area contributed by atoms with E-state index in [1.165, 1.54) is 0 Å². The predicted octanol–water partition coefficient (Wildman–Crippen LogP) is 0.529. The minimum Gasteiger partial charge on any atom is -0.488 e. The smallest absolute Gasteiger partial charge is 0.123 e. The number of aliphatic hydroxyl groups is 1. The van der Waals surface area contributed by atoms with Gasteiger partial charge in [0, 0.05) is 13.1 Å². The molecule has 13 heavy (non-hydrogen) atoms. The van der Waals surface area contributed by atoms with Crippen molar-refractivity contribution in [2.45, 2.75) is 12.7 Å². The topological polar surface area (TPSA) is 41.5 Å². The van der Waals surface area contributed by atoms with Crippen LogP contribution in [0, 0.1) is 0 Å². The molecule has 1 saturated heterocycles. The Balaban J connectivity index is 2.01. The van der Waals surface area contributed by atoms with Crippen LogP contribution in [0.1, 0.15) is 5.56 Å². The van der Waals surface area contributed by atoms with Gasteiger partial charge in [-0.3, -0.25) is 0 Å². The van der Waals surface area contributed by atoms with Crippen molar-refractivity contribution in [1.82, 2.24) is 5.32 Å². The molecule has 1 aromatic carbocycles. The van der Waals surface area contributed by atoms with Crippen molar-refractivity contribution in [2.24, 2.45) is 0 Å². The van der Waals surface area contributed by atoms with E-state index in [9.17, 15) is 0 Å². The molecule has 3 heteroatoms. The Morgan fingerprint density at radius 1 is 1.46 bits per heavy atom. The molecular weight excluding hydrogens is 166 g/mol. The van der Waals surface area contributed by atoms with Gasteiger partial charge < -0.3 is 15.2 Å². The highest BCUT2D eigenvalue weighted by Gasteiger charge is 2.17. The summed E-state index contributed by atoms with van der Waals surface area (Å²) < 4.78 is 5.62. The second kappa shape index (κ2) is 3.77. The third kappa shape index (κ3) is 1.99. The third-order valence-corrected chi connectivity index (χ3v) is 2.13. The lowest BCUT2D eigenvalue weighted by Crippen LogP contribution is -2.50. The first-order valence-electron chi connectivity index (χ1n) is 4.45. The van der Waals surface area contributed by atoms with E-state index in [0.29, 0.717) is 6.10 Å². The van der Waals surface area contributed by atoms with Crippen LogP contribution in [0.4, 0.5) is 0 Å². The molecule has 0 unspecified atom stereocenters. The molecule has 1 aliphatic heterocycles. The Morgan fingerprint density at radius 3 is 2.92 bits per heavy atom. The number of hydrogen-bond donors (Lipinski definition) is 2. The molecule has 0 spiro atoms. The van der Waals surface area contributed by atoms with Crippen molar-refractivity contribution in [1.29, 1.82) is 0 Å². The molecule has 2 rings (SSSR count). The quantitative estimate of drug-likeness (QED) is 0.711. The SMILES string of the molecule is OCc1cccc(OC2CNC2)c1. The molecule has 0 saturated carbocycles. The van der Waals surface area contributed by atoms with Gasteiger partial charge in [-0.1, -0.05) is 12.1 Å². The highest BCUT2D eigenvalue weighted by atomic mass is 16.5. The van der Waals surface area contributed by atoms with Gasteiger partial charge in [0.15, 0.2) is 0 Å². The predicted molar refractivity (Wildman–Crippen MR) is 49.7 cm³/mol. The number of hydrogen-bond acceptors (Lipinski definition) is 3. The van der Waals surface area contributed by atoms with Gasteiger partial charge in [-0.2, -0.15) is 0 Å². The van der Waals surface area contributed by atoms with Crippen LogP contribution in [0.25, 0.3) is 0 Å². The van der Waals surface area contributed by atoms with Crippen molar-refractivity contribution in [3.8, 4) is 5.75 Å². The fraction of sp³-hybridized carbons (Fsp3) is 0.400. The zero-order chi connectivity index (χ0) is 9.10. The number of rotatable bonds is 3. The highest BCUT2D eigenvalue weighted by Crippen LogP contribution is 2.15. The standard InChI is InChI=1S/C10H13NO2/c12-7-8-2-1-3-9(4-8)13-10-5-11-6-10/h1-4,10-12H,5-7H2. The van der Waals surface area contributed by atoms with E-state index in [-0.39, 0.29) is 6.61 Å². The number of aliphatic hydroxyl groups excluding tert-OH is 1. The summed E-state index contributed by atoms with van der Waals surface area (Å²) in [5.74, 6) is 0.845. The normalized spacial score (nSPS) is 16.7. The van der Waals surface area contributed by atoms with Gasteiger partial charge >= 0.3 is 0 Å². The van der Waals surface area contributed by atoms with E-state index in [4.69, 9.17) is 9.84 Å². The molecule has 1 heterocycles. The summed E-state index contributed by atoms with van der Waals surface area (Å²) in [6.07, 6.45) is 0.300. The van der Waals surface area contributed by atoms with E-state index >= 15 is 0 Å². The van der Waals surface area contributed by atoms with E-state index < -0.39 is 0 Å². The Hall–Kier alpha value is -1.06. The Bertz CT molecular complexity index is 284. The van der Waals surface area contributed by atoms with Gasteiger partial charge in [0.25, 0.3) is 0 Å². The maximum Gasteiger partial charge on any atom is 0.123 e. The maximum absolute atomic E-state index is 8.90. The third-order valence-electron chi connectivity index (χ3n) is 2.13. The van der Waals surface area contributed by atoms with E-state index in [1.54, 1.807) is 0 Å². The molecule has 2 N–H and O–H groups in total. The van der Waals surface area contributed by atoms with Crippen molar-refractivity contribution in [3.63, 3.8) is 0 Å². The van der Waals surface area contributed by atoms with Crippen LogP contribution in [-0.4, -0.2) is 24.3 Å². The summed E-state index contributed by atoms with van der Waals surface area (Å²) in [6, 6.07) is 7.56. The van der Waals surface area contributed by atoms with Crippen LogP contribution in [-0.2, 0) is 6.61 Å². The Kier molecular flexibility index (Phi) is 2.47. The van der Waals surface area contributed by atoms with Gasteiger partial charge in [0.2, 0.25) is 0 Å². The van der Waals surface area contributed by atoms with E-state index in [0.717, 1.165) is 24.4 Å². The minimum absolute atomic E-state index is 0.0696. The zero-order valence-corrected chi connectivity index (χ0v) is 7.36. The molecule has 70 valence electrons. The molecule has 0 radical (unpaired) electrons. The van der Waals surface area contributed by atoms with E-state index in [1.807, 2.05) is 24.3 Å². The van der Waals surface area contributed by atoms with E-state index in [2.05, 4.69) is 5.32 Å². The molecule has 1 aromatic rings. The number of ether oxygens (including phenoxy) is 1. The lowest BCUT2D eigenvalue weighted by atomic mass is 10.2. The van der Waals surface area contributed by atoms with Crippen LogP contribution in [0.15, 0.2) is 24.3 Å². The second-order valence-electron chi connectivity index (χ2n) is 3.20. The van der Waals surface area contributed by atoms with Crippen LogP contribution in [0.2, 0.25) is 0 Å². The van der Waals surface area contributed by atoms with Crippen molar-refractivity contribution in [2.75, 3.05) is 13.1 Å².